The minimum absolute atomic E-state index is 0.0133. The summed E-state index contributed by atoms with van der Waals surface area (Å²) in [6.45, 7) is 3.77. The van der Waals surface area contributed by atoms with Crippen LogP contribution in [0.25, 0.3) is 0 Å². The van der Waals surface area contributed by atoms with Crippen molar-refractivity contribution in [1.82, 2.24) is 0 Å². The lowest BCUT2D eigenvalue weighted by molar-refractivity contribution is 0.127. The van der Waals surface area contributed by atoms with Gasteiger partial charge in [-0.25, -0.2) is 0 Å². The third-order valence-electron chi connectivity index (χ3n) is 2.73. The lowest BCUT2D eigenvalue weighted by atomic mass is 10.1. The Morgan fingerprint density at radius 1 is 1.06 bits per heavy atom. The number of rotatable bonds is 8. The van der Waals surface area contributed by atoms with Gasteiger partial charge in [-0.1, -0.05) is 25.5 Å². The Balaban J connectivity index is 2.16. The molecule has 0 heterocycles. The lowest BCUT2D eigenvalue weighted by Crippen LogP contribution is -1.97. The minimum atomic E-state index is -0.0401. The first kappa shape index (κ1) is 13.8. The Labute approximate surface area is 103 Å². The summed E-state index contributed by atoms with van der Waals surface area (Å²) in [6.07, 6.45) is 5.00. The Morgan fingerprint density at radius 2 is 1.82 bits per heavy atom. The van der Waals surface area contributed by atoms with E-state index in [0.717, 1.165) is 50.9 Å². The van der Waals surface area contributed by atoms with Gasteiger partial charge in [-0.2, -0.15) is 0 Å². The first-order valence-electron chi connectivity index (χ1n) is 6.33. The first-order valence-corrected chi connectivity index (χ1v) is 6.33. The summed E-state index contributed by atoms with van der Waals surface area (Å²) >= 11 is 0. The highest BCUT2D eigenvalue weighted by Crippen LogP contribution is 2.29. The van der Waals surface area contributed by atoms with Crippen LogP contribution in [-0.2, 0) is 11.2 Å². The maximum Gasteiger partial charge on any atom is 0.160 e. The summed E-state index contributed by atoms with van der Waals surface area (Å²) in [4.78, 5) is 0. The number of phenolic OH excluding ortho intramolecular Hbond substituents is 2. The van der Waals surface area contributed by atoms with Crippen LogP contribution in [-0.4, -0.2) is 23.4 Å². The molecule has 0 spiro atoms. The highest BCUT2D eigenvalue weighted by atomic mass is 16.5. The maximum absolute atomic E-state index is 9.59. The van der Waals surface area contributed by atoms with Crippen LogP contribution in [0.4, 0.5) is 0 Å². The molecule has 0 aliphatic rings. The molecule has 2 N–H and O–H groups in total. The predicted molar refractivity (Wildman–Crippen MR) is 68.4 cm³/mol. The molecule has 0 fully saturated rings. The van der Waals surface area contributed by atoms with Crippen LogP contribution in [0.15, 0.2) is 18.2 Å². The summed E-state index contributed by atoms with van der Waals surface area (Å²) in [5, 5.41) is 18.9. The van der Waals surface area contributed by atoms with Crippen molar-refractivity contribution in [1.29, 1.82) is 0 Å². The molecule has 17 heavy (non-hydrogen) atoms. The van der Waals surface area contributed by atoms with E-state index < -0.39 is 0 Å². The molecular weight excluding hydrogens is 216 g/mol. The number of benzene rings is 1. The number of ether oxygens (including phenoxy) is 1. The fourth-order valence-corrected chi connectivity index (χ4v) is 1.65. The van der Waals surface area contributed by atoms with Crippen molar-refractivity contribution in [3.8, 4) is 11.5 Å². The quantitative estimate of drug-likeness (QED) is 0.540. The van der Waals surface area contributed by atoms with Gasteiger partial charge < -0.3 is 14.9 Å². The Morgan fingerprint density at radius 3 is 2.59 bits per heavy atom. The second-order valence-corrected chi connectivity index (χ2v) is 4.21. The summed E-state index contributed by atoms with van der Waals surface area (Å²) in [6, 6.07) is 5.09. The molecule has 0 saturated carbocycles. The number of aryl methyl sites for hydroxylation is 1. The third-order valence-corrected chi connectivity index (χ3v) is 2.73. The van der Waals surface area contributed by atoms with Gasteiger partial charge in [0.15, 0.2) is 11.5 Å². The Kier molecular flexibility index (Phi) is 6.48. The van der Waals surface area contributed by atoms with Gasteiger partial charge in [0.1, 0.15) is 0 Å². The molecule has 0 aromatic heterocycles. The van der Waals surface area contributed by atoms with Crippen LogP contribution in [0.1, 0.15) is 38.2 Å². The van der Waals surface area contributed by atoms with Crippen molar-refractivity contribution < 1.29 is 14.9 Å². The van der Waals surface area contributed by atoms with Crippen molar-refractivity contribution in [2.24, 2.45) is 0 Å². The molecule has 0 unspecified atom stereocenters. The summed E-state index contributed by atoms with van der Waals surface area (Å²) in [7, 11) is 0. The number of aromatic hydroxyl groups is 2. The average molecular weight is 238 g/mol. The Bertz CT molecular complexity index is 323. The molecule has 0 saturated heterocycles. The summed E-state index contributed by atoms with van der Waals surface area (Å²) in [5.41, 5.74) is 0.804. The molecule has 3 nitrogen and oxygen atoms in total. The average Bonchev–Trinajstić information content (AvgIpc) is 2.33. The molecule has 1 rings (SSSR count). The zero-order chi connectivity index (χ0) is 12.5. The van der Waals surface area contributed by atoms with Gasteiger partial charge in [0.05, 0.1) is 0 Å². The number of hydrogen-bond donors (Lipinski definition) is 2. The zero-order valence-electron chi connectivity index (χ0n) is 10.5. The molecule has 96 valence electrons. The predicted octanol–water partition coefficient (Wildman–Crippen LogP) is 3.24. The van der Waals surface area contributed by atoms with Gasteiger partial charge in [0, 0.05) is 13.2 Å². The first-order chi connectivity index (χ1) is 8.25. The van der Waals surface area contributed by atoms with E-state index >= 15 is 0 Å². The molecular formula is C14H22O3. The highest BCUT2D eigenvalue weighted by molar-refractivity contribution is 5.44. The van der Waals surface area contributed by atoms with Gasteiger partial charge in [-0.15, -0.1) is 0 Å². The highest BCUT2D eigenvalue weighted by Gasteiger charge is 2.04. The van der Waals surface area contributed by atoms with Crippen molar-refractivity contribution >= 4 is 0 Å². The van der Waals surface area contributed by atoms with Crippen LogP contribution in [0.5, 0.6) is 11.5 Å². The van der Waals surface area contributed by atoms with Gasteiger partial charge >= 0.3 is 0 Å². The van der Waals surface area contributed by atoms with E-state index in [1.54, 1.807) is 6.07 Å². The molecule has 1 aromatic rings. The smallest absolute Gasteiger partial charge is 0.160 e. The van der Waals surface area contributed by atoms with E-state index in [1.165, 1.54) is 6.07 Å². The second kappa shape index (κ2) is 7.96. The molecule has 3 heteroatoms. The van der Waals surface area contributed by atoms with Crippen LogP contribution in [0.3, 0.4) is 0 Å². The van der Waals surface area contributed by atoms with Gasteiger partial charge in [-0.05, 0) is 37.3 Å². The van der Waals surface area contributed by atoms with E-state index in [0.29, 0.717) is 0 Å². The molecule has 0 bridgehead atoms. The van der Waals surface area contributed by atoms with Crippen LogP contribution in [0, 0.1) is 0 Å². The minimum Gasteiger partial charge on any atom is -0.504 e. The van der Waals surface area contributed by atoms with Crippen molar-refractivity contribution in [2.45, 2.75) is 39.0 Å². The molecule has 0 atom stereocenters. The van der Waals surface area contributed by atoms with E-state index in [9.17, 15) is 10.2 Å². The maximum atomic E-state index is 9.59. The topological polar surface area (TPSA) is 49.7 Å². The van der Waals surface area contributed by atoms with E-state index in [-0.39, 0.29) is 11.5 Å². The SMILES string of the molecule is CCCCOCCCCc1cccc(O)c1O. The van der Waals surface area contributed by atoms with E-state index in [4.69, 9.17) is 4.74 Å². The Hall–Kier alpha value is -1.22. The van der Waals surface area contributed by atoms with Crippen LogP contribution >= 0.6 is 0 Å². The van der Waals surface area contributed by atoms with Crippen molar-refractivity contribution in [2.75, 3.05) is 13.2 Å². The molecule has 1 aromatic carbocycles. The van der Waals surface area contributed by atoms with Crippen LogP contribution in [0.2, 0.25) is 0 Å². The molecule has 0 amide bonds. The summed E-state index contributed by atoms with van der Waals surface area (Å²) in [5.74, 6) is -0.0268. The number of unbranched alkanes of at least 4 members (excludes halogenated alkanes) is 2. The molecule has 0 aliphatic heterocycles. The lowest BCUT2D eigenvalue weighted by Gasteiger charge is -2.06. The largest absolute Gasteiger partial charge is 0.504 e. The van der Waals surface area contributed by atoms with Gasteiger partial charge in [-0.3, -0.25) is 0 Å². The summed E-state index contributed by atoms with van der Waals surface area (Å²) < 4.78 is 5.45. The standard InChI is InChI=1S/C14H22O3/c1-2-3-10-17-11-5-4-7-12-8-6-9-13(15)14(12)16/h6,8-9,15-16H,2-5,7,10-11H2,1H3. The van der Waals surface area contributed by atoms with Gasteiger partial charge in [0.25, 0.3) is 0 Å². The fourth-order valence-electron chi connectivity index (χ4n) is 1.65. The van der Waals surface area contributed by atoms with Crippen molar-refractivity contribution in [3.05, 3.63) is 23.8 Å². The van der Waals surface area contributed by atoms with E-state index in [1.807, 2.05) is 6.07 Å². The fraction of sp³-hybridized carbons (Fsp3) is 0.571. The number of hydrogen-bond acceptors (Lipinski definition) is 3. The molecule has 0 radical (unpaired) electrons. The zero-order valence-corrected chi connectivity index (χ0v) is 10.5. The van der Waals surface area contributed by atoms with Crippen molar-refractivity contribution in [3.63, 3.8) is 0 Å². The third kappa shape index (κ3) is 5.09. The number of para-hydroxylation sites is 1. The molecule has 0 aliphatic carbocycles. The monoisotopic (exact) mass is 238 g/mol. The number of phenols is 2. The normalized spacial score (nSPS) is 10.6. The van der Waals surface area contributed by atoms with Gasteiger partial charge in [0.2, 0.25) is 0 Å². The van der Waals surface area contributed by atoms with E-state index in [2.05, 4.69) is 6.92 Å². The van der Waals surface area contributed by atoms with Crippen LogP contribution < -0.4 is 0 Å². The second-order valence-electron chi connectivity index (χ2n) is 4.21.